The number of hydrogen-bond donors (Lipinski definition) is 0. The number of ether oxygens (including phenoxy) is 2. The zero-order chi connectivity index (χ0) is 19.3. The molecule has 6 nitrogen and oxygen atoms in total. The zero-order valence-electron chi connectivity index (χ0n) is 16.3. The molecular weight excluding hydrogens is 334 g/mol. The molecule has 0 aromatic rings. The van der Waals surface area contributed by atoms with Gasteiger partial charge in [-0.2, -0.15) is 0 Å². The highest BCUT2D eigenvalue weighted by atomic mass is 16.6. The van der Waals surface area contributed by atoms with Crippen LogP contribution in [0.1, 0.15) is 59.8 Å². The highest BCUT2D eigenvalue weighted by Gasteiger charge is 2.35. The van der Waals surface area contributed by atoms with Gasteiger partial charge in [0.1, 0.15) is 12.2 Å². The second-order valence-corrected chi connectivity index (χ2v) is 8.29. The Bertz CT molecular complexity index is 563. The number of cyclic esters (lactones) is 1. The van der Waals surface area contributed by atoms with Gasteiger partial charge in [0.2, 0.25) is 5.91 Å². The Labute approximate surface area is 155 Å². The monoisotopic (exact) mass is 365 g/mol. The van der Waals surface area contributed by atoms with E-state index < -0.39 is 11.5 Å². The van der Waals surface area contributed by atoms with Crippen molar-refractivity contribution in [2.24, 2.45) is 11.8 Å². The van der Waals surface area contributed by atoms with Gasteiger partial charge in [0.05, 0.1) is 24.3 Å². The molecule has 0 spiro atoms. The summed E-state index contributed by atoms with van der Waals surface area (Å²) in [7, 11) is 0. The van der Waals surface area contributed by atoms with E-state index in [1.54, 1.807) is 4.90 Å². The van der Waals surface area contributed by atoms with Crippen molar-refractivity contribution in [3.05, 3.63) is 12.2 Å². The summed E-state index contributed by atoms with van der Waals surface area (Å²) in [5.41, 5.74) is -0.568. The molecule has 0 radical (unpaired) electrons. The SMILES string of the molecule is C[C@H]1C/C=C/C[C@@H](CC(=O)OC(C)(C)C)C(=O)N2CCC[C@H]2COC1=O. The van der Waals surface area contributed by atoms with Crippen LogP contribution in [0.15, 0.2) is 12.2 Å². The van der Waals surface area contributed by atoms with Crippen molar-refractivity contribution in [1.29, 1.82) is 0 Å². The molecule has 0 bridgehead atoms. The molecule has 1 saturated heterocycles. The molecule has 2 aliphatic heterocycles. The average molecular weight is 365 g/mol. The summed E-state index contributed by atoms with van der Waals surface area (Å²) in [6, 6.07) is -0.0943. The van der Waals surface area contributed by atoms with Gasteiger partial charge in [0.15, 0.2) is 0 Å². The van der Waals surface area contributed by atoms with Crippen molar-refractivity contribution < 1.29 is 23.9 Å². The third-order valence-electron chi connectivity index (χ3n) is 4.74. The summed E-state index contributed by atoms with van der Waals surface area (Å²) in [4.78, 5) is 39.1. The van der Waals surface area contributed by atoms with Gasteiger partial charge in [0, 0.05) is 6.54 Å². The molecule has 0 unspecified atom stereocenters. The maximum absolute atomic E-state index is 13.0. The zero-order valence-corrected chi connectivity index (χ0v) is 16.3. The van der Waals surface area contributed by atoms with E-state index in [9.17, 15) is 14.4 Å². The molecule has 2 aliphatic rings. The van der Waals surface area contributed by atoms with Crippen LogP contribution in [0, 0.1) is 11.8 Å². The van der Waals surface area contributed by atoms with Crippen LogP contribution in [-0.2, 0) is 23.9 Å². The van der Waals surface area contributed by atoms with E-state index in [0.29, 0.717) is 19.4 Å². The maximum atomic E-state index is 13.0. The summed E-state index contributed by atoms with van der Waals surface area (Å²) in [5.74, 6) is -1.27. The Morgan fingerprint density at radius 3 is 2.65 bits per heavy atom. The van der Waals surface area contributed by atoms with Gasteiger partial charge in [-0.15, -0.1) is 0 Å². The fourth-order valence-electron chi connectivity index (χ4n) is 3.37. The number of hydrogen-bond acceptors (Lipinski definition) is 5. The summed E-state index contributed by atoms with van der Waals surface area (Å²) < 4.78 is 10.8. The summed E-state index contributed by atoms with van der Waals surface area (Å²) >= 11 is 0. The summed E-state index contributed by atoms with van der Waals surface area (Å²) in [6.45, 7) is 8.18. The number of carbonyl (C=O) groups is 3. The lowest BCUT2D eigenvalue weighted by atomic mass is 9.97. The molecule has 2 rings (SSSR count). The molecule has 0 N–H and O–H groups in total. The lowest BCUT2D eigenvalue weighted by Gasteiger charge is -2.29. The molecule has 2 heterocycles. The Balaban J connectivity index is 2.15. The van der Waals surface area contributed by atoms with Crippen LogP contribution in [0.3, 0.4) is 0 Å². The summed E-state index contributed by atoms with van der Waals surface area (Å²) in [5, 5.41) is 0. The first-order valence-corrected chi connectivity index (χ1v) is 9.51. The van der Waals surface area contributed by atoms with Crippen LogP contribution in [0.4, 0.5) is 0 Å². The minimum atomic E-state index is -0.568. The Morgan fingerprint density at radius 2 is 1.96 bits per heavy atom. The number of nitrogens with zero attached hydrogens (tertiary/aromatic N) is 1. The van der Waals surface area contributed by atoms with E-state index in [1.165, 1.54) is 0 Å². The van der Waals surface area contributed by atoms with Gasteiger partial charge < -0.3 is 14.4 Å². The van der Waals surface area contributed by atoms with Gasteiger partial charge >= 0.3 is 11.9 Å². The smallest absolute Gasteiger partial charge is 0.309 e. The second-order valence-electron chi connectivity index (χ2n) is 8.29. The number of esters is 2. The molecule has 1 fully saturated rings. The van der Waals surface area contributed by atoms with E-state index in [-0.39, 0.29) is 42.8 Å². The molecule has 0 aromatic heterocycles. The predicted molar refractivity (Wildman–Crippen MR) is 97.2 cm³/mol. The van der Waals surface area contributed by atoms with Gasteiger partial charge in [-0.25, -0.2) is 0 Å². The van der Waals surface area contributed by atoms with Gasteiger partial charge in [-0.05, 0) is 46.5 Å². The normalized spacial score (nSPS) is 29.2. The largest absolute Gasteiger partial charge is 0.463 e. The molecule has 0 aromatic carbocycles. The molecule has 146 valence electrons. The first-order chi connectivity index (χ1) is 12.2. The molecule has 0 saturated carbocycles. The average Bonchev–Trinajstić information content (AvgIpc) is 3.00. The van der Waals surface area contributed by atoms with E-state index in [1.807, 2.05) is 39.8 Å². The van der Waals surface area contributed by atoms with Crippen molar-refractivity contribution >= 4 is 17.8 Å². The van der Waals surface area contributed by atoms with Crippen molar-refractivity contribution in [3.8, 4) is 0 Å². The number of fused-ring (bicyclic) bond motifs is 1. The van der Waals surface area contributed by atoms with Crippen molar-refractivity contribution in [3.63, 3.8) is 0 Å². The van der Waals surface area contributed by atoms with Crippen LogP contribution >= 0.6 is 0 Å². The summed E-state index contributed by atoms with van der Waals surface area (Å²) in [6.07, 6.45) is 6.61. The Hall–Kier alpha value is -1.85. The molecule has 0 aliphatic carbocycles. The van der Waals surface area contributed by atoms with Crippen molar-refractivity contribution in [1.82, 2.24) is 4.90 Å². The van der Waals surface area contributed by atoms with E-state index in [2.05, 4.69) is 0 Å². The number of carbonyl (C=O) groups excluding carboxylic acids is 3. The van der Waals surface area contributed by atoms with Gasteiger partial charge in [0.25, 0.3) is 0 Å². The lowest BCUT2D eigenvalue weighted by Crippen LogP contribution is -2.43. The number of amides is 1. The molecular formula is C20H31NO5. The van der Waals surface area contributed by atoms with Gasteiger partial charge in [-0.3, -0.25) is 14.4 Å². The third kappa shape index (κ3) is 5.85. The number of allylic oxidation sites excluding steroid dienone is 2. The fraction of sp³-hybridized carbons (Fsp3) is 0.750. The quantitative estimate of drug-likeness (QED) is 0.556. The fourth-order valence-corrected chi connectivity index (χ4v) is 3.37. The third-order valence-corrected chi connectivity index (χ3v) is 4.74. The first-order valence-electron chi connectivity index (χ1n) is 9.51. The molecule has 26 heavy (non-hydrogen) atoms. The molecule has 6 heteroatoms. The first kappa shape index (κ1) is 20.5. The van der Waals surface area contributed by atoms with E-state index in [4.69, 9.17) is 9.47 Å². The standard InChI is InChI=1S/C20H31NO5/c1-14-8-5-6-9-15(12-17(22)26-20(2,3)4)18(23)21-11-7-10-16(21)13-25-19(14)24/h5-6,14-16H,7-13H2,1-4H3/b6-5+/t14-,15-,16-/m0/s1. The van der Waals surface area contributed by atoms with Crippen LogP contribution in [0.25, 0.3) is 0 Å². The van der Waals surface area contributed by atoms with E-state index >= 15 is 0 Å². The Kier molecular flexibility index (Phi) is 6.84. The van der Waals surface area contributed by atoms with Crippen LogP contribution in [0.2, 0.25) is 0 Å². The minimum absolute atomic E-state index is 0.0484. The maximum Gasteiger partial charge on any atom is 0.309 e. The Morgan fingerprint density at radius 1 is 1.27 bits per heavy atom. The van der Waals surface area contributed by atoms with Crippen LogP contribution in [0.5, 0.6) is 0 Å². The molecule has 1 amide bonds. The highest BCUT2D eigenvalue weighted by Crippen LogP contribution is 2.25. The van der Waals surface area contributed by atoms with Crippen LogP contribution in [-0.4, -0.2) is 47.5 Å². The molecule has 3 atom stereocenters. The lowest BCUT2D eigenvalue weighted by molar-refractivity contribution is -0.159. The van der Waals surface area contributed by atoms with Crippen molar-refractivity contribution in [2.75, 3.05) is 13.2 Å². The minimum Gasteiger partial charge on any atom is -0.463 e. The number of rotatable bonds is 2. The van der Waals surface area contributed by atoms with Gasteiger partial charge in [-0.1, -0.05) is 19.1 Å². The highest BCUT2D eigenvalue weighted by molar-refractivity contribution is 5.84. The predicted octanol–water partition coefficient (Wildman–Crippen LogP) is 2.85. The topological polar surface area (TPSA) is 72.9 Å². The van der Waals surface area contributed by atoms with Crippen molar-refractivity contribution in [2.45, 2.75) is 71.4 Å². The van der Waals surface area contributed by atoms with Crippen LogP contribution < -0.4 is 0 Å². The second kappa shape index (κ2) is 8.69. The van der Waals surface area contributed by atoms with E-state index in [0.717, 1.165) is 12.8 Å².